The number of hydrogen-bond acceptors (Lipinski definition) is 3. The normalized spacial score (nSPS) is 18.2. The standard InChI is InChI=1S/C13H12BrN3O2/c1-3-6-17-11(12(15)16-13(17)18)9-7-8(19-2)4-5-10(9)14/h1,4-5,7,11H,6H2,2H3,(H2,15,16,18). The Morgan fingerprint density at radius 1 is 1.63 bits per heavy atom. The first kappa shape index (κ1) is 13.4. The molecular weight excluding hydrogens is 310 g/mol. The summed E-state index contributed by atoms with van der Waals surface area (Å²) in [5, 5.41) is 0. The van der Waals surface area contributed by atoms with E-state index in [0.29, 0.717) is 5.75 Å². The molecule has 5 nitrogen and oxygen atoms in total. The number of nitrogens with zero attached hydrogens (tertiary/aromatic N) is 2. The second-order valence-corrected chi connectivity index (χ2v) is 4.80. The molecule has 0 aromatic heterocycles. The molecule has 2 rings (SSSR count). The van der Waals surface area contributed by atoms with Crippen molar-refractivity contribution in [3.63, 3.8) is 0 Å². The fraction of sp³-hybridized carbons (Fsp3) is 0.231. The lowest BCUT2D eigenvalue weighted by molar-refractivity contribution is 0.213. The second-order valence-electron chi connectivity index (χ2n) is 3.94. The fourth-order valence-corrected chi connectivity index (χ4v) is 2.41. The molecule has 1 aromatic carbocycles. The number of rotatable bonds is 3. The number of aliphatic imine (C=N–C) groups is 1. The average molecular weight is 322 g/mol. The van der Waals surface area contributed by atoms with Gasteiger partial charge in [-0.3, -0.25) is 4.90 Å². The molecule has 6 heteroatoms. The Balaban J connectivity index is 2.47. The summed E-state index contributed by atoms with van der Waals surface area (Å²) in [5.41, 5.74) is 6.63. The summed E-state index contributed by atoms with van der Waals surface area (Å²) in [4.78, 5) is 16.9. The van der Waals surface area contributed by atoms with Crippen LogP contribution >= 0.6 is 15.9 Å². The molecule has 1 heterocycles. The minimum Gasteiger partial charge on any atom is -0.497 e. The van der Waals surface area contributed by atoms with Crippen molar-refractivity contribution in [1.82, 2.24) is 4.90 Å². The molecule has 1 aliphatic heterocycles. The van der Waals surface area contributed by atoms with Crippen LogP contribution in [0.3, 0.4) is 0 Å². The largest absolute Gasteiger partial charge is 0.497 e. The van der Waals surface area contributed by atoms with Crippen LogP contribution < -0.4 is 10.5 Å². The smallest absolute Gasteiger partial charge is 0.346 e. The van der Waals surface area contributed by atoms with Gasteiger partial charge in [-0.05, 0) is 18.2 Å². The summed E-state index contributed by atoms with van der Waals surface area (Å²) in [6.07, 6.45) is 5.28. The van der Waals surface area contributed by atoms with Crippen molar-refractivity contribution < 1.29 is 9.53 Å². The molecule has 0 saturated carbocycles. The van der Waals surface area contributed by atoms with Gasteiger partial charge in [-0.15, -0.1) is 6.42 Å². The predicted octanol–water partition coefficient (Wildman–Crippen LogP) is 1.92. The molecule has 0 saturated heterocycles. The van der Waals surface area contributed by atoms with Crippen molar-refractivity contribution in [1.29, 1.82) is 0 Å². The van der Waals surface area contributed by atoms with Crippen LogP contribution in [0.15, 0.2) is 27.7 Å². The molecule has 0 radical (unpaired) electrons. The van der Waals surface area contributed by atoms with Crippen LogP contribution in [0.1, 0.15) is 11.6 Å². The number of urea groups is 1. The van der Waals surface area contributed by atoms with Gasteiger partial charge in [0, 0.05) is 10.0 Å². The van der Waals surface area contributed by atoms with Crippen LogP contribution in [-0.2, 0) is 0 Å². The Morgan fingerprint density at radius 2 is 2.37 bits per heavy atom. The Kier molecular flexibility index (Phi) is 3.76. The van der Waals surface area contributed by atoms with E-state index in [0.717, 1.165) is 10.0 Å². The van der Waals surface area contributed by atoms with Gasteiger partial charge in [-0.1, -0.05) is 21.9 Å². The van der Waals surface area contributed by atoms with Crippen LogP contribution in [0.2, 0.25) is 0 Å². The monoisotopic (exact) mass is 321 g/mol. The minimum absolute atomic E-state index is 0.150. The number of methoxy groups -OCH3 is 1. The van der Waals surface area contributed by atoms with Crippen LogP contribution in [0.25, 0.3) is 0 Å². The quantitative estimate of drug-likeness (QED) is 0.865. The zero-order valence-electron chi connectivity index (χ0n) is 10.3. The van der Waals surface area contributed by atoms with E-state index >= 15 is 0 Å². The number of halogens is 1. The lowest BCUT2D eigenvalue weighted by Crippen LogP contribution is -2.33. The maximum atomic E-state index is 11.7. The molecule has 1 unspecified atom stereocenters. The molecule has 2 amide bonds. The number of carbonyl (C=O) groups is 1. The highest BCUT2D eigenvalue weighted by atomic mass is 79.9. The first-order valence-electron chi connectivity index (χ1n) is 5.50. The van der Waals surface area contributed by atoms with Gasteiger partial charge in [-0.25, -0.2) is 4.79 Å². The number of ether oxygens (including phenoxy) is 1. The third-order valence-electron chi connectivity index (χ3n) is 2.82. The summed E-state index contributed by atoms with van der Waals surface area (Å²) in [6, 6.07) is 4.56. The summed E-state index contributed by atoms with van der Waals surface area (Å²) >= 11 is 3.44. The highest BCUT2D eigenvalue weighted by Crippen LogP contribution is 2.34. The van der Waals surface area contributed by atoms with Crippen molar-refractivity contribution in [3.05, 3.63) is 28.2 Å². The van der Waals surface area contributed by atoms with Crippen LogP contribution in [-0.4, -0.2) is 30.4 Å². The number of benzene rings is 1. The Hall–Kier alpha value is -2.00. The van der Waals surface area contributed by atoms with Gasteiger partial charge in [0.2, 0.25) is 0 Å². The Labute approximate surface area is 119 Å². The van der Waals surface area contributed by atoms with E-state index in [4.69, 9.17) is 16.9 Å². The molecule has 0 spiro atoms. The van der Waals surface area contributed by atoms with Crippen molar-refractivity contribution in [2.45, 2.75) is 6.04 Å². The van der Waals surface area contributed by atoms with Gasteiger partial charge in [-0.2, -0.15) is 4.99 Å². The molecule has 1 aliphatic rings. The molecule has 0 bridgehead atoms. The highest BCUT2D eigenvalue weighted by Gasteiger charge is 2.35. The number of amides is 2. The third-order valence-corrected chi connectivity index (χ3v) is 3.54. The van der Waals surface area contributed by atoms with Gasteiger partial charge in [0.1, 0.15) is 17.6 Å². The van der Waals surface area contributed by atoms with Gasteiger partial charge in [0.15, 0.2) is 0 Å². The number of nitrogens with two attached hydrogens (primary N) is 1. The highest BCUT2D eigenvalue weighted by molar-refractivity contribution is 9.10. The second kappa shape index (κ2) is 5.33. The van der Waals surface area contributed by atoms with Crippen molar-refractivity contribution >= 4 is 27.8 Å². The summed E-state index contributed by atoms with van der Waals surface area (Å²) in [6.45, 7) is 0.150. The van der Waals surface area contributed by atoms with Crippen molar-refractivity contribution in [2.24, 2.45) is 10.7 Å². The lowest BCUT2D eigenvalue weighted by atomic mass is 10.0. The topological polar surface area (TPSA) is 67.9 Å². The van der Waals surface area contributed by atoms with E-state index in [9.17, 15) is 4.79 Å². The van der Waals surface area contributed by atoms with Gasteiger partial charge in [0.05, 0.1) is 13.7 Å². The maximum Gasteiger partial charge on any atom is 0.346 e. The minimum atomic E-state index is -0.465. The molecule has 1 atom stereocenters. The average Bonchev–Trinajstić information content (AvgIpc) is 2.66. The SMILES string of the molecule is C#CCN1C(=O)N=C(N)C1c1cc(OC)ccc1Br. The number of amidine groups is 1. The molecule has 98 valence electrons. The number of terminal acetylenes is 1. The van der Waals surface area contributed by atoms with E-state index < -0.39 is 12.1 Å². The van der Waals surface area contributed by atoms with E-state index in [2.05, 4.69) is 26.8 Å². The predicted molar refractivity (Wildman–Crippen MR) is 76.0 cm³/mol. The molecule has 0 fully saturated rings. The van der Waals surface area contributed by atoms with Crippen LogP contribution in [0.5, 0.6) is 5.75 Å². The van der Waals surface area contributed by atoms with E-state index in [1.165, 1.54) is 4.90 Å². The van der Waals surface area contributed by atoms with Crippen molar-refractivity contribution in [3.8, 4) is 18.1 Å². The molecule has 1 aromatic rings. The number of carbonyl (C=O) groups excluding carboxylic acids is 1. The summed E-state index contributed by atoms with van der Waals surface area (Å²) in [5.74, 6) is 3.34. The van der Waals surface area contributed by atoms with Crippen LogP contribution in [0.4, 0.5) is 4.79 Å². The van der Waals surface area contributed by atoms with Gasteiger partial charge < -0.3 is 10.5 Å². The van der Waals surface area contributed by atoms with Crippen molar-refractivity contribution in [2.75, 3.05) is 13.7 Å². The first-order chi connectivity index (χ1) is 9.08. The molecule has 2 N–H and O–H groups in total. The van der Waals surface area contributed by atoms with E-state index in [1.807, 2.05) is 12.1 Å². The first-order valence-corrected chi connectivity index (χ1v) is 6.29. The molecular formula is C13H12BrN3O2. The fourth-order valence-electron chi connectivity index (χ4n) is 1.95. The maximum absolute atomic E-state index is 11.7. The summed E-state index contributed by atoms with van der Waals surface area (Å²) < 4.78 is 5.99. The number of hydrogen-bond donors (Lipinski definition) is 1. The van der Waals surface area contributed by atoms with Gasteiger partial charge >= 0.3 is 6.03 Å². The molecule has 19 heavy (non-hydrogen) atoms. The molecule has 0 aliphatic carbocycles. The van der Waals surface area contributed by atoms with Crippen LogP contribution in [0, 0.1) is 12.3 Å². The zero-order valence-corrected chi connectivity index (χ0v) is 11.8. The summed E-state index contributed by atoms with van der Waals surface area (Å²) in [7, 11) is 1.57. The lowest BCUT2D eigenvalue weighted by Gasteiger charge is -2.23. The van der Waals surface area contributed by atoms with E-state index in [-0.39, 0.29) is 12.4 Å². The third kappa shape index (κ3) is 2.42. The Morgan fingerprint density at radius 3 is 3.00 bits per heavy atom. The van der Waals surface area contributed by atoms with E-state index in [1.54, 1.807) is 13.2 Å². The van der Waals surface area contributed by atoms with Gasteiger partial charge in [0.25, 0.3) is 0 Å². The Bertz CT molecular complexity index is 592. The zero-order chi connectivity index (χ0) is 14.0.